The molecule has 0 bridgehead atoms. The normalized spacial score (nSPS) is 21.8. The molecular weight excluding hydrogens is 424 g/mol. The molecule has 2 fully saturated rings. The van der Waals surface area contributed by atoms with Crippen LogP contribution in [-0.2, 0) is 4.79 Å². The van der Waals surface area contributed by atoms with Gasteiger partial charge in [0.15, 0.2) is 0 Å². The Morgan fingerprint density at radius 3 is 2.75 bits per heavy atom. The van der Waals surface area contributed by atoms with E-state index in [1.54, 1.807) is 18.4 Å². The molecule has 1 aromatic heterocycles. The Hall–Kier alpha value is -2.68. The number of thiazole rings is 1. The Morgan fingerprint density at radius 1 is 1.16 bits per heavy atom. The Morgan fingerprint density at radius 2 is 1.97 bits per heavy atom. The highest BCUT2D eigenvalue weighted by molar-refractivity contribution is 7.20. The van der Waals surface area contributed by atoms with Crippen molar-refractivity contribution in [1.29, 1.82) is 0 Å². The number of carbonyl (C=O) groups is 1. The first-order valence-corrected chi connectivity index (χ1v) is 11.9. The molecular formula is C24H28N4O3S. The monoisotopic (exact) mass is 452 g/mol. The summed E-state index contributed by atoms with van der Waals surface area (Å²) < 4.78 is 12.6. The number of aryl methyl sites for hydroxylation is 1. The molecule has 3 aromatic rings. The molecule has 8 heteroatoms. The maximum absolute atomic E-state index is 13.1. The summed E-state index contributed by atoms with van der Waals surface area (Å²) in [5, 5.41) is 0.724. The van der Waals surface area contributed by atoms with Gasteiger partial charge in [0.2, 0.25) is 5.91 Å². The van der Waals surface area contributed by atoms with Gasteiger partial charge in [0, 0.05) is 32.0 Å². The predicted octanol–water partition coefficient (Wildman–Crippen LogP) is 3.59. The number of nitrogens with zero attached hydrogens (tertiary/aromatic N) is 2. The minimum absolute atomic E-state index is 0.0856. The van der Waals surface area contributed by atoms with Gasteiger partial charge in [0.25, 0.3) is 5.19 Å². The first-order valence-electron chi connectivity index (χ1n) is 11.1. The SMILES string of the molecule is COc1cccc(C2CC(C(=O)N3CCC(Oc4nc5c(C)cccc5s4)CC3)NN2)c1. The van der Waals surface area contributed by atoms with E-state index in [1.807, 2.05) is 23.1 Å². The van der Waals surface area contributed by atoms with E-state index in [4.69, 9.17) is 9.47 Å². The summed E-state index contributed by atoms with van der Waals surface area (Å²) >= 11 is 1.59. The first kappa shape index (κ1) is 21.2. The molecule has 2 N–H and O–H groups in total. The molecule has 7 nitrogen and oxygen atoms in total. The van der Waals surface area contributed by atoms with Crippen LogP contribution in [0.2, 0.25) is 0 Å². The van der Waals surface area contributed by atoms with Gasteiger partial charge >= 0.3 is 0 Å². The number of aromatic nitrogens is 1. The van der Waals surface area contributed by atoms with Crippen molar-refractivity contribution in [2.24, 2.45) is 0 Å². The maximum atomic E-state index is 13.1. The number of hydrazine groups is 1. The first-order chi connectivity index (χ1) is 15.6. The highest BCUT2D eigenvalue weighted by Gasteiger charge is 2.35. The number of hydrogen-bond donors (Lipinski definition) is 2. The number of carbonyl (C=O) groups excluding carboxylic acids is 1. The second-order valence-corrected chi connectivity index (χ2v) is 9.44. The zero-order valence-electron chi connectivity index (χ0n) is 18.3. The molecule has 1 amide bonds. The number of hydrogen-bond acceptors (Lipinski definition) is 7. The molecule has 0 saturated carbocycles. The number of fused-ring (bicyclic) bond motifs is 1. The van der Waals surface area contributed by atoms with Gasteiger partial charge in [-0.3, -0.25) is 4.79 Å². The lowest BCUT2D eigenvalue weighted by Gasteiger charge is -2.33. The number of benzene rings is 2. The molecule has 32 heavy (non-hydrogen) atoms. The number of methoxy groups -OCH3 is 1. The Bertz CT molecular complexity index is 1110. The lowest BCUT2D eigenvalue weighted by Crippen LogP contribution is -2.49. The van der Waals surface area contributed by atoms with Gasteiger partial charge in [-0.15, -0.1) is 0 Å². The summed E-state index contributed by atoms with van der Waals surface area (Å²) in [6.45, 7) is 3.48. The van der Waals surface area contributed by atoms with Crippen molar-refractivity contribution in [2.45, 2.75) is 44.4 Å². The molecule has 0 aliphatic carbocycles. The molecule has 2 aliphatic rings. The number of nitrogens with one attached hydrogen (secondary N) is 2. The molecule has 5 rings (SSSR count). The summed E-state index contributed by atoms with van der Waals surface area (Å²) in [4.78, 5) is 19.7. The van der Waals surface area contributed by atoms with E-state index in [-0.39, 0.29) is 24.1 Å². The summed E-state index contributed by atoms with van der Waals surface area (Å²) in [7, 11) is 1.66. The van der Waals surface area contributed by atoms with Crippen molar-refractivity contribution < 1.29 is 14.3 Å². The summed E-state index contributed by atoms with van der Waals surface area (Å²) in [5.41, 5.74) is 9.76. The van der Waals surface area contributed by atoms with E-state index in [2.05, 4.69) is 47.0 Å². The van der Waals surface area contributed by atoms with E-state index in [9.17, 15) is 4.79 Å². The van der Waals surface area contributed by atoms with E-state index >= 15 is 0 Å². The molecule has 168 valence electrons. The fourth-order valence-electron chi connectivity index (χ4n) is 4.47. The maximum Gasteiger partial charge on any atom is 0.274 e. The van der Waals surface area contributed by atoms with Gasteiger partial charge in [-0.05, 0) is 42.7 Å². The number of piperidine rings is 1. The second-order valence-electron chi connectivity index (χ2n) is 8.45. The Kier molecular flexibility index (Phi) is 5.99. The van der Waals surface area contributed by atoms with Crippen LogP contribution in [0, 0.1) is 6.92 Å². The number of para-hydroxylation sites is 1. The molecule has 2 saturated heterocycles. The molecule has 0 spiro atoms. The fraction of sp³-hybridized carbons (Fsp3) is 0.417. The second kappa shape index (κ2) is 9.05. The number of likely N-dealkylation sites (tertiary alicyclic amines) is 1. The third-order valence-electron chi connectivity index (χ3n) is 6.32. The van der Waals surface area contributed by atoms with Crippen LogP contribution in [0.15, 0.2) is 42.5 Å². The van der Waals surface area contributed by atoms with Crippen LogP contribution in [0.4, 0.5) is 0 Å². The van der Waals surface area contributed by atoms with Crippen LogP contribution in [0.25, 0.3) is 10.2 Å². The van der Waals surface area contributed by atoms with Crippen LogP contribution >= 0.6 is 11.3 Å². The van der Waals surface area contributed by atoms with E-state index in [0.29, 0.717) is 19.5 Å². The predicted molar refractivity (Wildman–Crippen MR) is 125 cm³/mol. The average Bonchev–Trinajstić information content (AvgIpc) is 3.47. The third-order valence-corrected chi connectivity index (χ3v) is 7.23. The molecule has 2 atom stereocenters. The number of amides is 1. The fourth-order valence-corrected chi connectivity index (χ4v) is 5.43. The molecule has 2 unspecified atom stereocenters. The van der Waals surface area contributed by atoms with Gasteiger partial charge in [-0.1, -0.05) is 35.6 Å². The van der Waals surface area contributed by atoms with Crippen LogP contribution in [0.3, 0.4) is 0 Å². The summed E-state index contributed by atoms with van der Waals surface area (Å²) in [6, 6.07) is 14.0. The van der Waals surface area contributed by atoms with E-state index in [1.165, 1.54) is 5.56 Å². The quantitative estimate of drug-likeness (QED) is 0.616. The molecule has 2 aliphatic heterocycles. The van der Waals surface area contributed by atoms with Crippen molar-refractivity contribution in [1.82, 2.24) is 20.7 Å². The lowest BCUT2D eigenvalue weighted by molar-refractivity contribution is -0.135. The van der Waals surface area contributed by atoms with Crippen molar-refractivity contribution in [3.05, 3.63) is 53.6 Å². The molecule has 3 heterocycles. The molecule has 2 aromatic carbocycles. The third kappa shape index (κ3) is 4.30. The topological polar surface area (TPSA) is 75.7 Å². The van der Waals surface area contributed by atoms with Crippen LogP contribution in [-0.4, -0.2) is 48.1 Å². The van der Waals surface area contributed by atoms with Gasteiger partial charge in [0.1, 0.15) is 17.9 Å². The zero-order chi connectivity index (χ0) is 22.1. The average molecular weight is 453 g/mol. The largest absolute Gasteiger partial charge is 0.497 e. The highest BCUT2D eigenvalue weighted by Crippen LogP contribution is 2.32. The zero-order valence-corrected chi connectivity index (χ0v) is 19.2. The highest BCUT2D eigenvalue weighted by atomic mass is 32.1. The van der Waals surface area contributed by atoms with Gasteiger partial charge < -0.3 is 14.4 Å². The summed E-state index contributed by atoms with van der Waals surface area (Å²) in [6.07, 6.45) is 2.45. The van der Waals surface area contributed by atoms with Gasteiger partial charge in [0.05, 0.1) is 17.3 Å². The van der Waals surface area contributed by atoms with E-state index < -0.39 is 0 Å². The number of rotatable bonds is 5. The van der Waals surface area contributed by atoms with Crippen LogP contribution < -0.4 is 20.3 Å². The minimum Gasteiger partial charge on any atom is -0.497 e. The van der Waals surface area contributed by atoms with Crippen molar-refractivity contribution >= 4 is 27.5 Å². The Balaban J connectivity index is 1.14. The van der Waals surface area contributed by atoms with Gasteiger partial charge in [-0.2, -0.15) is 0 Å². The van der Waals surface area contributed by atoms with Crippen LogP contribution in [0.5, 0.6) is 10.9 Å². The van der Waals surface area contributed by atoms with Crippen molar-refractivity contribution in [2.75, 3.05) is 20.2 Å². The standard InChI is InChI=1S/C24H28N4O3S/c1-15-5-3-8-21-22(15)25-24(32-21)31-17-9-11-28(12-10-17)23(29)20-14-19(26-27-20)16-6-4-7-18(13-16)30-2/h3-8,13,17,19-20,26-27H,9-12,14H2,1-2H3. The van der Waals surface area contributed by atoms with E-state index in [0.717, 1.165) is 39.6 Å². The molecule has 0 radical (unpaired) electrons. The van der Waals surface area contributed by atoms with Crippen molar-refractivity contribution in [3.63, 3.8) is 0 Å². The minimum atomic E-state index is -0.226. The summed E-state index contributed by atoms with van der Waals surface area (Å²) in [5.74, 6) is 0.974. The van der Waals surface area contributed by atoms with Crippen LogP contribution in [0.1, 0.15) is 36.4 Å². The Labute approximate surface area is 191 Å². The van der Waals surface area contributed by atoms with Crippen molar-refractivity contribution in [3.8, 4) is 10.9 Å². The van der Waals surface area contributed by atoms with Gasteiger partial charge in [-0.25, -0.2) is 15.8 Å². The number of ether oxygens (including phenoxy) is 2. The smallest absolute Gasteiger partial charge is 0.274 e. The lowest BCUT2D eigenvalue weighted by atomic mass is 10.00.